The van der Waals surface area contributed by atoms with Crippen LogP contribution in [0.1, 0.15) is 43.1 Å². The number of amides is 2. The first-order valence-corrected chi connectivity index (χ1v) is 9.95. The van der Waals surface area contributed by atoms with Crippen LogP contribution in [0.15, 0.2) is 42.5 Å². The van der Waals surface area contributed by atoms with Crippen LogP contribution in [0.4, 0.5) is 5.69 Å². The third-order valence-electron chi connectivity index (χ3n) is 4.82. The van der Waals surface area contributed by atoms with Crippen LogP contribution in [-0.2, 0) is 11.3 Å². The van der Waals surface area contributed by atoms with E-state index in [0.717, 1.165) is 5.56 Å². The largest absolute Gasteiger partial charge is 0.497 e. The van der Waals surface area contributed by atoms with Crippen LogP contribution in [-0.4, -0.2) is 36.5 Å². The number of nitrogens with zero attached hydrogens (tertiary/aromatic N) is 1. The molecule has 0 saturated carbocycles. The first-order valence-electron chi connectivity index (χ1n) is 9.95. The summed E-state index contributed by atoms with van der Waals surface area (Å²) in [7, 11) is 1.57. The summed E-state index contributed by atoms with van der Waals surface area (Å²) in [4.78, 5) is 27.3. The van der Waals surface area contributed by atoms with E-state index in [2.05, 4.69) is 19.2 Å². The lowest BCUT2D eigenvalue weighted by Crippen LogP contribution is -2.41. The molecule has 0 saturated heterocycles. The molecule has 0 radical (unpaired) electrons. The molecule has 1 unspecified atom stereocenters. The number of carbonyl (C=O) groups excluding carboxylic acids is 2. The zero-order chi connectivity index (χ0) is 21.0. The van der Waals surface area contributed by atoms with Crippen molar-refractivity contribution in [3.05, 3.63) is 53.6 Å². The number of nitrogens with one attached hydrogen (secondary N) is 1. The Kier molecular flexibility index (Phi) is 6.42. The first kappa shape index (κ1) is 20.7. The van der Waals surface area contributed by atoms with Crippen LogP contribution in [0.25, 0.3) is 0 Å². The fraction of sp³-hybridized carbons (Fsp3) is 0.391. The van der Waals surface area contributed by atoms with Gasteiger partial charge in [0.05, 0.1) is 7.11 Å². The molecular formula is C23H28N2O4. The van der Waals surface area contributed by atoms with E-state index in [4.69, 9.17) is 9.47 Å². The minimum Gasteiger partial charge on any atom is -0.497 e. The van der Waals surface area contributed by atoms with Crippen molar-refractivity contribution in [1.82, 2.24) is 4.90 Å². The number of carbonyl (C=O) groups is 2. The summed E-state index contributed by atoms with van der Waals surface area (Å²) < 4.78 is 11.2. The summed E-state index contributed by atoms with van der Waals surface area (Å²) in [5.74, 6) is 1.46. The molecule has 2 aromatic rings. The summed E-state index contributed by atoms with van der Waals surface area (Å²) in [6.45, 7) is 7.26. The van der Waals surface area contributed by atoms with Gasteiger partial charge in [-0.15, -0.1) is 0 Å². The highest BCUT2D eigenvalue weighted by Gasteiger charge is 2.30. The van der Waals surface area contributed by atoms with Gasteiger partial charge in [0.2, 0.25) is 0 Å². The molecule has 0 aromatic heterocycles. The smallest absolute Gasteiger partial charge is 0.263 e. The zero-order valence-corrected chi connectivity index (χ0v) is 17.4. The summed E-state index contributed by atoms with van der Waals surface area (Å²) in [5.41, 5.74) is 2.06. The third-order valence-corrected chi connectivity index (χ3v) is 4.82. The van der Waals surface area contributed by atoms with Crippen LogP contribution in [0.2, 0.25) is 0 Å². The van der Waals surface area contributed by atoms with Crippen LogP contribution in [0.5, 0.6) is 11.5 Å². The summed E-state index contributed by atoms with van der Waals surface area (Å²) in [6, 6.07) is 12.5. The molecule has 2 aromatic carbocycles. The van der Waals surface area contributed by atoms with E-state index in [9.17, 15) is 9.59 Å². The predicted molar refractivity (Wildman–Crippen MR) is 112 cm³/mol. The fourth-order valence-corrected chi connectivity index (χ4v) is 3.41. The van der Waals surface area contributed by atoms with Crippen molar-refractivity contribution in [2.24, 2.45) is 5.92 Å². The van der Waals surface area contributed by atoms with Crippen LogP contribution in [0.3, 0.4) is 0 Å². The number of methoxy groups -OCH3 is 1. The number of hydrogen-bond donors (Lipinski definition) is 1. The lowest BCUT2D eigenvalue weighted by molar-refractivity contribution is -0.139. The van der Waals surface area contributed by atoms with Gasteiger partial charge < -0.3 is 19.7 Å². The van der Waals surface area contributed by atoms with E-state index in [0.29, 0.717) is 48.2 Å². The highest BCUT2D eigenvalue weighted by atomic mass is 16.5. The van der Waals surface area contributed by atoms with Gasteiger partial charge in [0.15, 0.2) is 6.10 Å². The van der Waals surface area contributed by atoms with Crippen molar-refractivity contribution < 1.29 is 19.1 Å². The molecule has 0 spiro atoms. The van der Waals surface area contributed by atoms with Crippen molar-refractivity contribution in [2.75, 3.05) is 19.0 Å². The van der Waals surface area contributed by atoms with Gasteiger partial charge in [-0.25, -0.2) is 0 Å². The first-order chi connectivity index (χ1) is 13.9. The Bertz CT molecular complexity index is 894. The topological polar surface area (TPSA) is 67.9 Å². The Morgan fingerprint density at radius 1 is 1.28 bits per heavy atom. The molecule has 0 fully saturated rings. The number of fused-ring (bicyclic) bond motifs is 1. The molecule has 6 nitrogen and oxygen atoms in total. The molecule has 1 N–H and O–H groups in total. The van der Waals surface area contributed by atoms with E-state index >= 15 is 0 Å². The van der Waals surface area contributed by atoms with Gasteiger partial charge in [-0.2, -0.15) is 0 Å². The van der Waals surface area contributed by atoms with Crippen molar-refractivity contribution in [2.45, 2.75) is 39.8 Å². The summed E-state index contributed by atoms with van der Waals surface area (Å²) >= 11 is 0. The minimum absolute atomic E-state index is 0.0133. The summed E-state index contributed by atoms with van der Waals surface area (Å²) in [6.07, 6.45) is 0.133. The second-order valence-corrected chi connectivity index (χ2v) is 7.64. The molecule has 1 aliphatic rings. The van der Waals surface area contributed by atoms with E-state index in [1.54, 1.807) is 37.4 Å². The van der Waals surface area contributed by atoms with Gasteiger partial charge >= 0.3 is 0 Å². The van der Waals surface area contributed by atoms with Gasteiger partial charge in [0.25, 0.3) is 11.8 Å². The van der Waals surface area contributed by atoms with Crippen molar-refractivity contribution in [1.29, 1.82) is 0 Å². The Balaban J connectivity index is 1.84. The van der Waals surface area contributed by atoms with Gasteiger partial charge in [-0.1, -0.05) is 26.8 Å². The second-order valence-electron chi connectivity index (χ2n) is 7.64. The number of rotatable bonds is 6. The Morgan fingerprint density at radius 3 is 2.76 bits per heavy atom. The molecule has 1 heterocycles. The molecule has 154 valence electrons. The number of anilines is 1. The lowest BCUT2D eigenvalue weighted by Gasteiger charge is -2.24. The maximum absolute atomic E-state index is 12.8. The van der Waals surface area contributed by atoms with E-state index in [-0.39, 0.29) is 11.8 Å². The molecule has 3 rings (SSSR count). The highest BCUT2D eigenvalue weighted by Crippen LogP contribution is 2.30. The molecule has 1 aliphatic heterocycles. The van der Waals surface area contributed by atoms with Crippen LogP contribution < -0.4 is 14.8 Å². The number of ether oxygens (including phenoxy) is 2. The van der Waals surface area contributed by atoms with Crippen LogP contribution >= 0.6 is 0 Å². The monoisotopic (exact) mass is 396 g/mol. The molecule has 6 heteroatoms. The maximum Gasteiger partial charge on any atom is 0.263 e. The molecule has 0 aliphatic carbocycles. The minimum atomic E-state index is -0.479. The maximum atomic E-state index is 12.8. The quantitative estimate of drug-likeness (QED) is 0.798. The SMILES string of the molecule is CCC1Oc2ccc(NC(=O)c3cccc(OC)c3)cc2CN(CC(C)C)C1=O. The highest BCUT2D eigenvalue weighted by molar-refractivity contribution is 6.04. The van der Waals surface area contributed by atoms with Crippen LogP contribution in [0, 0.1) is 5.92 Å². The van der Waals surface area contributed by atoms with Gasteiger partial charge in [0.1, 0.15) is 11.5 Å². The Labute approximate surface area is 171 Å². The molecular weight excluding hydrogens is 368 g/mol. The fourth-order valence-electron chi connectivity index (χ4n) is 3.41. The molecule has 0 bridgehead atoms. The molecule has 2 amide bonds. The Morgan fingerprint density at radius 2 is 2.07 bits per heavy atom. The van der Waals surface area contributed by atoms with Gasteiger partial charge in [-0.05, 0) is 48.7 Å². The van der Waals surface area contributed by atoms with Crippen molar-refractivity contribution in [3.8, 4) is 11.5 Å². The number of hydrogen-bond acceptors (Lipinski definition) is 4. The zero-order valence-electron chi connectivity index (χ0n) is 17.4. The van der Waals surface area contributed by atoms with Gasteiger partial charge in [-0.3, -0.25) is 9.59 Å². The summed E-state index contributed by atoms with van der Waals surface area (Å²) in [5, 5.41) is 2.92. The number of benzene rings is 2. The predicted octanol–water partition coefficient (Wildman–Crippen LogP) is 4.10. The average Bonchev–Trinajstić information content (AvgIpc) is 2.84. The normalized spacial score (nSPS) is 16.1. The second kappa shape index (κ2) is 8.99. The van der Waals surface area contributed by atoms with E-state index in [1.165, 1.54) is 0 Å². The van der Waals surface area contributed by atoms with E-state index < -0.39 is 6.10 Å². The molecule has 1 atom stereocenters. The third kappa shape index (κ3) is 4.88. The van der Waals surface area contributed by atoms with Crippen molar-refractivity contribution in [3.63, 3.8) is 0 Å². The lowest BCUT2D eigenvalue weighted by atomic mass is 10.1. The van der Waals surface area contributed by atoms with Crippen molar-refractivity contribution >= 4 is 17.5 Å². The average molecular weight is 396 g/mol. The van der Waals surface area contributed by atoms with Gasteiger partial charge in [0, 0.05) is 29.9 Å². The Hall–Kier alpha value is -3.02. The standard InChI is InChI=1S/C23H28N2O4/c1-5-20-23(27)25(13-15(2)3)14-17-11-18(9-10-21(17)29-20)24-22(26)16-7-6-8-19(12-16)28-4/h6-12,15,20H,5,13-14H2,1-4H3,(H,24,26). The van der Waals surface area contributed by atoms with E-state index in [1.807, 2.05) is 24.0 Å². The molecule has 29 heavy (non-hydrogen) atoms.